The van der Waals surface area contributed by atoms with E-state index in [4.69, 9.17) is 4.98 Å². The second-order valence-electron chi connectivity index (χ2n) is 62.8. The van der Waals surface area contributed by atoms with Gasteiger partial charge in [-0.3, -0.25) is 34.8 Å². The summed E-state index contributed by atoms with van der Waals surface area (Å²) in [7, 11) is 0. The standard InChI is InChI=1S/C13H27N.2C13H21N.C13H27N.C13H21N.C12H26N2.C12H20N2.C12H26N2.C12H24N2.C12H20N2.9CH4/c2*1-12(2,3)10-7-11(9-14-8-10)13(4,5)6;1-12(2,3)10-7-8-14-11(9-10)13(4,5)6;2*1-12(2,3)10-8-7-9-11(14-10)13(4,5)6;2*1-11(2,3)9-7-13-8-10(14-9)12(4,5)6;1-11(2,3)10-9-14(8-7-13-10)12(4,5)6;2*1-11(2,3)9-7-8-13-10(14-9)12(4,5)6;;;;;;;;;/h10-11,14H,7-9H2,1-6H3;2*7-9H,1-6H3;10-11,14H,7-9H2,1-6H3;7-9H,1-6H3;9-10,13-14H,7-8H2,1-6H3;7-8H,1-6H3;10,13H,7-9H2,1-6H3;9H,7-8H2,1-6H3,(H,13,14);7-8H,1-6H3;9*1H4. The van der Waals surface area contributed by atoms with Crippen molar-refractivity contribution in [3.05, 3.63) is 136 Å². The predicted octanol–water partition coefficient (Wildman–Crippen LogP) is 36.7. The lowest BCUT2D eigenvalue weighted by Gasteiger charge is -2.46. The van der Waals surface area contributed by atoms with Crippen molar-refractivity contribution in [2.45, 2.75) is 610 Å². The van der Waals surface area contributed by atoms with Gasteiger partial charge in [0.25, 0.3) is 0 Å². The summed E-state index contributed by atoms with van der Waals surface area (Å²) in [5.74, 6) is 3.76. The molecule has 10 rings (SSSR count). The Morgan fingerprint density at radius 3 is 0.933 bits per heavy atom. The average Bonchev–Trinajstić information content (AvgIpc) is 0.873. The zero-order valence-electron chi connectivity index (χ0n) is 104. The van der Waals surface area contributed by atoms with Crippen LogP contribution in [0.15, 0.2) is 84.6 Å². The van der Waals surface area contributed by atoms with Crippen molar-refractivity contribution in [1.29, 1.82) is 0 Å². The first kappa shape index (κ1) is 161. The van der Waals surface area contributed by atoms with Crippen LogP contribution in [0.2, 0.25) is 0 Å². The first-order valence-corrected chi connectivity index (χ1v) is 54.4. The first-order chi connectivity index (χ1) is 62.1. The van der Waals surface area contributed by atoms with Gasteiger partial charge in [0.15, 0.2) is 0 Å². The lowest BCUT2D eigenvalue weighted by Crippen LogP contribution is -2.62. The van der Waals surface area contributed by atoms with Gasteiger partial charge in [-0.1, -0.05) is 480 Å². The smallest absolute Gasteiger partial charge is 0.133 e. The maximum Gasteiger partial charge on any atom is 0.133 e. The minimum Gasteiger partial charge on any atom is -0.370 e. The van der Waals surface area contributed by atoms with Gasteiger partial charge >= 0.3 is 0 Å². The molecule has 0 radical (unpaired) electrons. The molecule has 0 bridgehead atoms. The number of hydrogen-bond donors (Lipinski definition) is 6. The van der Waals surface area contributed by atoms with Crippen LogP contribution in [0.3, 0.4) is 0 Å². The van der Waals surface area contributed by atoms with Crippen molar-refractivity contribution >= 4 is 5.84 Å². The Balaban J connectivity index is -0.000000207. The highest BCUT2D eigenvalue weighted by molar-refractivity contribution is 5.88. The van der Waals surface area contributed by atoms with Gasteiger partial charge in [0.1, 0.15) is 11.7 Å². The molecule has 5 aliphatic rings. The van der Waals surface area contributed by atoms with Crippen molar-refractivity contribution in [2.24, 2.45) is 65.6 Å². The predicted molar refractivity (Wildman–Crippen MR) is 679 cm³/mol. The number of rotatable bonds is 0. The van der Waals surface area contributed by atoms with Gasteiger partial charge in [-0.2, -0.15) is 0 Å². The molecule has 6 N–H and O–H groups in total. The lowest BCUT2D eigenvalue weighted by molar-refractivity contribution is 0.0636. The molecule has 0 spiro atoms. The van der Waals surface area contributed by atoms with Gasteiger partial charge in [-0.25, -0.2) is 9.97 Å². The van der Waals surface area contributed by atoms with Crippen molar-refractivity contribution < 1.29 is 0 Å². The third-order valence-electron chi connectivity index (χ3n) is 27.8. The van der Waals surface area contributed by atoms with Gasteiger partial charge in [0, 0.05) is 184 Å². The SMILES string of the molecule is C.C.C.C.C.C.C.C.C.CC(C)(C)C1=NCCC(C(C)(C)C)N1.CC(C)(C)C1CCCC(C(C)(C)C)N1.CC(C)(C)C1CN(C(C)(C)C)CCN1.CC(C)(C)C1CNCC(C(C)(C)C)C1.CC(C)(C)C1CNCC(C(C)(C)C)N1.CC(C)(C)c1cccc(C(C)(C)C)n1.CC(C)(C)c1ccnc(C(C)(C)C)c1.CC(C)(C)c1ccnc(C(C)(C)C)n1.CC(C)(C)c1cncc(C(C)(C)C)c1.CC(C)(C)c1cncc(C(C)(C)C)n1. The first-order valence-electron chi connectivity index (χ1n) is 54.4. The fraction of sp³-hybridized carbons (Fsp3) is 0.821. The summed E-state index contributed by atoms with van der Waals surface area (Å²) < 4.78 is 0. The Hall–Kier alpha value is -5.16. The maximum atomic E-state index is 4.72. The van der Waals surface area contributed by atoms with E-state index in [9.17, 15) is 0 Å². The van der Waals surface area contributed by atoms with Crippen molar-refractivity contribution in [3.63, 3.8) is 0 Å². The molecule has 10 heterocycles. The molecule has 5 aliphatic heterocycles. The normalized spacial score (nSPS) is 19.4. The van der Waals surface area contributed by atoms with Crippen LogP contribution in [0, 0.1) is 60.6 Å². The third-order valence-corrected chi connectivity index (χ3v) is 27.8. The van der Waals surface area contributed by atoms with E-state index in [0.717, 1.165) is 67.3 Å². The molecule has 8 atom stereocenters. The van der Waals surface area contributed by atoms with E-state index >= 15 is 0 Å². The largest absolute Gasteiger partial charge is 0.370 e. The van der Waals surface area contributed by atoms with Gasteiger partial charge in [0.2, 0.25) is 0 Å². The van der Waals surface area contributed by atoms with Crippen LogP contribution >= 0.6 is 0 Å². The third kappa shape index (κ3) is 61.4. The summed E-state index contributed by atoms with van der Waals surface area (Å²) >= 11 is 0. The molecular formula is C134H269N15. The van der Waals surface area contributed by atoms with E-state index in [0.29, 0.717) is 85.1 Å². The molecule has 0 aliphatic carbocycles. The maximum absolute atomic E-state index is 4.72. The van der Waals surface area contributed by atoms with Crippen LogP contribution in [0.4, 0.5) is 0 Å². The zero-order chi connectivity index (χ0) is 110. The molecule has 15 heteroatoms. The second-order valence-corrected chi connectivity index (χ2v) is 62.8. The molecule has 149 heavy (non-hydrogen) atoms. The molecule has 5 aromatic heterocycles. The van der Waals surface area contributed by atoms with Gasteiger partial charge in [-0.15, -0.1) is 0 Å². The molecule has 15 nitrogen and oxygen atoms in total. The zero-order valence-corrected chi connectivity index (χ0v) is 104. The fourth-order valence-electron chi connectivity index (χ4n) is 16.1. The number of aliphatic imine (C=N–C) groups is 1. The molecule has 0 amide bonds. The summed E-state index contributed by atoms with van der Waals surface area (Å²) in [5, 5.41) is 21.9. The number of nitrogens with one attached hydrogen (secondary N) is 6. The van der Waals surface area contributed by atoms with E-state index < -0.39 is 0 Å². The number of nitrogens with zero attached hydrogens (tertiary/aromatic N) is 9. The number of piperazine rings is 2. The molecule has 4 fully saturated rings. The minimum absolute atomic E-state index is 0. The van der Waals surface area contributed by atoms with Crippen molar-refractivity contribution in [1.82, 2.24) is 71.7 Å². The molecule has 0 saturated carbocycles. The molecule has 4 saturated heterocycles. The lowest BCUT2D eigenvalue weighted by atomic mass is 9.68. The highest BCUT2D eigenvalue weighted by Crippen LogP contribution is 2.41. The number of hydrogen-bond acceptors (Lipinski definition) is 15. The van der Waals surface area contributed by atoms with Gasteiger partial charge in [0.05, 0.1) is 11.4 Å². The van der Waals surface area contributed by atoms with E-state index in [1.165, 1.54) is 91.5 Å². The second kappa shape index (κ2) is 62.3. The van der Waals surface area contributed by atoms with Crippen LogP contribution in [0.25, 0.3) is 0 Å². The highest BCUT2D eigenvalue weighted by Gasteiger charge is 2.41. The topological polar surface area (TPSA) is 178 Å². The van der Waals surface area contributed by atoms with E-state index in [1.807, 2.05) is 43.2 Å². The Morgan fingerprint density at radius 1 is 0.282 bits per heavy atom. The summed E-state index contributed by atoms with van der Waals surface area (Å²) in [4.78, 5) is 38.4. The van der Waals surface area contributed by atoms with Crippen LogP contribution in [0.1, 0.15) is 571 Å². The average molecular weight is 2090 g/mol. The van der Waals surface area contributed by atoms with E-state index in [-0.39, 0.29) is 126 Å². The summed E-state index contributed by atoms with van der Waals surface area (Å²) in [6.07, 6.45) is 18.0. The molecule has 0 aromatic carbocycles. The molecular weight excluding hydrogens is 1820 g/mol. The van der Waals surface area contributed by atoms with Crippen LogP contribution < -0.4 is 31.9 Å². The van der Waals surface area contributed by atoms with E-state index in [2.05, 4.69) is 524 Å². The fourth-order valence-corrected chi connectivity index (χ4v) is 16.1. The van der Waals surface area contributed by atoms with Gasteiger partial charge in [-0.05, 0) is 178 Å². The molecule has 5 aromatic rings. The van der Waals surface area contributed by atoms with Crippen molar-refractivity contribution in [2.75, 3.05) is 52.4 Å². The van der Waals surface area contributed by atoms with Crippen LogP contribution in [-0.4, -0.2) is 140 Å². The summed E-state index contributed by atoms with van der Waals surface area (Å²) in [6.45, 7) is 144. The minimum atomic E-state index is 0. The number of amidine groups is 1. The monoisotopic (exact) mass is 2090 g/mol. The molecule has 8 unspecified atom stereocenters. The van der Waals surface area contributed by atoms with Crippen LogP contribution in [0.5, 0.6) is 0 Å². The summed E-state index contributed by atoms with van der Waals surface area (Å²) in [6, 6.07) is 18.7. The van der Waals surface area contributed by atoms with Crippen LogP contribution in [-0.2, 0) is 54.1 Å². The number of piperidine rings is 2. The number of pyridine rings is 3. The Bertz CT molecular complexity index is 3600. The Morgan fingerprint density at radius 2 is 0.611 bits per heavy atom. The number of aromatic nitrogens is 7. The highest BCUT2D eigenvalue weighted by atomic mass is 15.2. The van der Waals surface area contributed by atoms with Gasteiger partial charge < -0.3 is 31.9 Å². The van der Waals surface area contributed by atoms with Crippen molar-refractivity contribution in [3.8, 4) is 0 Å². The summed E-state index contributed by atoms with van der Waals surface area (Å²) in [5.41, 5.74) is 15.6. The quantitative estimate of drug-likeness (QED) is 0.0863. The molecule has 880 valence electrons. The Labute approximate surface area is 936 Å². The van der Waals surface area contributed by atoms with E-state index in [1.54, 1.807) is 0 Å². The Kier molecular flexibility index (Phi) is 67.4.